The molecule has 2 fully saturated rings. The second kappa shape index (κ2) is 8.43. The summed E-state index contributed by atoms with van der Waals surface area (Å²) in [5.74, 6) is 1.41. The van der Waals surface area contributed by atoms with E-state index in [0.717, 1.165) is 11.3 Å². The molecule has 2 aliphatic rings. The molecule has 138 valence electrons. The van der Waals surface area contributed by atoms with Crippen LogP contribution in [-0.2, 0) is 9.59 Å². The van der Waals surface area contributed by atoms with Crippen molar-refractivity contribution in [2.75, 3.05) is 25.2 Å². The molecule has 2 atom stereocenters. The Kier molecular flexibility index (Phi) is 6.23. The summed E-state index contributed by atoms with van der Waals surface area (Å²) in [6.07, 6.45) is 1.19. The molecule has 2 saturated heterocycles. The quantitative estimate of drug-likeness (QED) is 0.562. The van der Waals surface area contributed by atoms with Crippen LogP contribution in [0.1, 0.15) is 5.56 Å². The predicted octanol–water partition coefficient (Wildman–Crippen LogP) is 1.49. The monoisotopic (exact) mass is 410 g/mol. The topological polar surface area (TPSA) is 78.9 Å². The molecule has 2 heterocycles. The number of amides is 2. The van der Waals surface area contributed by atoms with E-state index < -0.39 is 6.10 Å². The Labute approximate surface area is 165 Å². The molecule has 26 heavy (non-hydrogen) atoms. The van der Waals surface area contributed by atoms with Crippen molar-refractivity contribution in [2.24, 2.45) is 0 Å². The number of carbonyl (C=O) groups excluding carboxylic acids is 2. The van der Waals surface area contributed by atoms with Crippen molar-refractivity contribution < 1.29 is 19.4 Å². The molecule has 2 N–H and O–H groups in total. The van der Waals surface area contributed by atoms with Gasteiger partial charge in [-0.3, -0.25) is 14.5 Å². The SMILES string of the molecule is COc1ccc(C=C2SC(=S)N(CC(=O)N[C@@H]3CSC[C@@H]3O)C2=O)cc1. The Morgan fingerprint density at radius 2 is 2.15 bits per heavy atom. The third-order valence-corrected chi connectivity index (χ3v) is 6.54. The van der Waals surface area contributed by atoms with Gasteiger partial charge in [-0.2, -0.15) is 11.8 Å². The number of hydrogen-bond acceptors (Lipinski definition) is 7. The molecule has 0 radical (unpaired) electrons. The fourth-order valence-electron chi connectivity index (χ4n) is 2.56. The number of benzene rings is 1. The highest BCUT2D eigenvalue weighted by molar-refractivity contribution is 8.26. The fraction of sp³-hybridized carbons (Fsp3) is 0.353. The maximum Gasteiger partial charge on any atom is 0.266 e. The predicted molar refractivity (Wildman–Crippen MR) is 108 cm³/mol. The first-order valence-corrected chi connectivity index (χ1v) is 10.3. The van der Waals surface area contributed by atoms with Crippen LogP contribution in [0, 0.1) is 0 Å². The third kappa shape index (κ3) is 4.40. The van der Waals surface area contributed by atoms with Crippen LogP contribution in [0.25, 0.3) is 6.08 Å². The van der Waals surface area contributed by atoms with Gasteiger partial charge in [0.1, 0.15) is 16.6 Å². The van der Waals surface area contributed by atoms with Gasteiger partial charge < -0.3 is 15.2 Å². The van der Waals surface area contributed by atoms with Gasteiger partial charge in [-0.25, -0.2) is 0 Å². The number of aliphatic hydroxyl groups is 1. The highest BCUT2D eigenvalue weighted by Gasteiger charge is 2.34. The highest BCUT2D eigenvalue weighted by Crippen LogP contribution is 2.32. The van der Waals surface area contributed by atoms with Crippen molar-refractivity contribution in [1.29, 1.82) is 0 Å². The van der Waals surface area contributed by atoms with Crippen LogP contribution in [-0.4, -0.2) is 63.4 Å². The smallest absolute Gasteiger partial charge is 0.266 e. The number of nitrogens with zero attached hydrogens (tertiary/aromatic N) is 1. The van der Waals surface area contributed by atoms with Gasteiger partial charge in [-0.1, -0.05) is 36.1 Å². The van der Waals surface area contributed by atoms with Gasteiger partial charge in [0.15, 0.2) is 0 Å². The number of ether oxygens (including phenoxy) is 1. The second-order valence-electron chi connectivity index (χ2n) is 5.82. The van der Waals surface area contributed by atoms with Crippen LogP contribution in [0.4, 0.5) is 0 Å². The van der Waals surface area contributed by atoms with E-state index in [1.54, 1.807) is 24.9 Å². The summed E-state index contributed by atoms with van der Waals surface area (Å²) in [5, 5.41) is 12.6. The number of aliphatic hydroxyl groups excluding tert-OH is 1. The number of carbonyl (C=O) groups is 2. The van der Waals surface area contributed by atoms with E-state index in [0.29, 0.717) is 20.7 Å². The number of thiocarbonyl (C=S) groups is 1. The van der Waals surface area contributed by atoms with Gasteiger partial charge in [0.05, 0.1) is 24.2 Å². The molecule has 0 saturated carbocycles. The lowest BCUT2D eigenvalue weighted by atomic mass is 10.2. The molecule has 1 aromatic rings. The van der Waals surface area contributed by atoms with Crippen molar-refractivity contribution in [3.05, 3.63) is 34.7 Å². The van der Waals surface area contributed by atoms with Crippen molar-refractivity contribution in [3.63, 3.8) is 0 Å². The van der Waals surface area contributed by atoms with Crippen LogP contribution in [0.15, 0.2) is 29.2 Å². The molecule has 2 amide bonds. The number of thioether (sulfide) groups is 2. The van der Waals surface area contributed by atoms with Crippen molar-refractivity contribution in [1.82, 2.24) is 10.2 Å². The third-order valence-electron chi connectivity index (χ3n) is 3.99. The molecular weight excluding hydrogens is 392 g/mol. The molecule has 3 rings (SSSR count). The molecule has 2 aliphatic heterocycles. The van der Waals surface area contributed by atoms with E-state index in [9.17, 15) is 14.7 Å². The van der Waals surface area contributed by atoms with Crippen molar-refractivity contribution in [3.8, 4) is 5.75 Å². The van der Waals surface area contributed by atoms with Crippen LogP contribution >= 0.6 is 35.7 Å². The van der Waals surface area contributed by atoms with E-state index >= 15 is 0 Å². The van der Waals surface area contributed by atoms with Crippen molar-refractivity contribution in [2.45, 2.75) is 12.1 Å². The minimum absolute atomic E-state index is 0.140. The molecule has 0 unspecified atom stereocenters. The molecule has 0 aliphatic carbocycles. The van der Waals surface area contributed by atoms with E-state index in [4.69, 9.17) is 17.0 Å². The maximum atomic E-state index is 12.6. The van der Waals surface area contributed by atoms with Crippen LogP contribution < -0.4 is 10.1 Å². The molecular formula is C17H18N2O4S3. The summed E-state index contributed by atoms with van der Waals surface area (Å²) in [6, 6.07) is 7.03. The van der Waals surface area contributed by atoms with E-state index in [2.05, 4.69) is 5.32 Å². The number of methoxy groups -OCH3 is 1. The second-order valence-corrected chi connectivity index (χ2v) is 8.57. The first-order chi connectivity index (χ1) is 12.5. The van der Waals surface area contributed by atoms with Crippen LogP contribution in [0.2, 0.25) is 0 Å². The Bertz CT molecular complexity index is 751. The van der Waals surface area contributed by atoms with E-state index in [1.165, 1.54) is 16.7 Å². The Balaban J connectivity index is 1.64. The molecule has 0 aromatic heterocycles. The van der Waals surface area contributed by atoms with Gasteiger partial charge in [-0.05, 0) is 23.8 Å². The zero-order valence-corrected chi connectivity index (χ0v) is 16.5. The number of hydrogen-bond donors (Lipinski definition) is 2. The largest absolute Gasteiger partial charge is 0.497 e. The number of nitrogens with one attached hydrogen (secondary N) is 1. The van der Waals surface area contributed by atoms with Gasteiger partial charge in [0.2, 0.25) is 5.91 Å². The summed E-state index contributed by atoms with van der Waals surface area (Å²) < 4.78 is 5.47. The molecule has 1 aromatic carbocycles. The first-order valence-electron chi connectivity index (χ1n) is 7.92. The average molecular weight is 411 g/mol. The van der Waals surface area contributed by atoms with Crippen LogP contribution in [0.3, 0.4) is 0 Å². The lowest BCUT2D eigenvalue weighted by Crippen LogP contribution is -2.47. The standard InChI is InChI=1S/C17H18N2O4S3/c1-23-11-4-2-10(3-5-11)6-14-16(22)19(17(24)26-14)7-15(21)18-12-8-25-9-13(12)20/h2-6,12-13,20H,7-9H2,1H3,(H,18,21)/t12-,13+/m1/s1. The normalized spacial score (nSPS) is 24.4. The minimum atomic E-state index is -0.551. The zero-order valence-electron chi connectivity index (χ0n) is 14.0. The van der Waals surface area contributed by atoms with Gasteiger partial charge in [-0.15, -0.1) is 0 Å². The first kappa shape index (κ1) is 19.2. The van der Waals surface area contributed by atoms with Crippen LogP contribution in [0.5, 0.6) is 5.75 Å². The number of rotatable bonds is 5. The summed E-state index contributed by atoms with van der Waals surface area (Å²) in [4.78, 5) is 26.5. The molecule has 0 spiro atoms. The average Bonchev–Trinajstić information content (AvgIpc) is 3.14. The lowest BCUT2D eigenvalue weighted by molar-refractivity contribution is -0.129. The van der Waals surface area contributed by atoms with E-state index in [-0.39, 0.29) is 24.4 Å². The van der Waals surface area contributed by atoms with Crippen molar-refractivity contribution >= 4 is 58.0 Å². The highest BCUT2D eigenvalue weighted by atomic mass is 32.2. The van der Waals surface area contributed by atoms with Gasteiger partial charge in [0, 0.05) is 11.5 Å². The maximum absolute atomic E-state index is 12.6. The molecule has 0 bridgehead atoms. The molecule has 6 nitrogen and oxygen atoms in total. The lowest BCUT2D eigenvalue weighted by Gasteiger charge is -2.18. The summed E-state index contributed by atoms with van der Waals surface area (Å²) in [6.45, 7) is -0.140. The zero-order chi connectivity index (χ0) is 18.7. The molecule has 9 heteroatoms. The Hall–Kier alpha value is -1.55. The summed E-state index contributed by atoms with van der Waals surface area (Å²) >= 11 is 8.01. The summed E-state index contributed by atoms with van der Waals surface area (Å²) in [5.41, 5.74) is 0.849. The van der Waals surface area contributed by atoms with Gasteiger partial charge in [0.25, 0.3) is 5.91 Å². The Morgan fingerprint density at radius 1 is 1.42 bits per heavy atom. The minimum Gasteiger partial charge on any atom is -0.497 e. The Morgan fingerprint density at radius 3 is 2.77 bits per heavy atom. The van der Waals surface area contributed by atoms with E-state index in [1.807, 2.05) is 24.3 Å². The summed E-state index contributed by atoms with van der Waals surface area (Å²) in [7, 11) is 1.59. The van der Waals surface area contributed by atoms with Gasteiger partial charge >= 0.3 is 0 Å². The fourth-order valence-corrected chi connectivity index (χ4v) is 4.99.